The van der Waals surface area contributed by atoms with Gasteiger partial charge < -0.3 is 4.74 Å². The summed E-state index contributed by atoms with van der Waals surface area (Å²) >= 11 is 11.5. The zero-order chi connectivity index (χ0) is 12.8. The largest absolute Gasteiger partial charge is 0.465 e. The first-order valence-corrected chi connectivity index (χ1v) is 5.59. The minimum atomic E-state index is -0.532. The third-order valence-corrected chi connectivity index (χ3v) is 2.35. The van der Waals surface area contributed by atoms with Crippen molar-refractivity contribution in [2.75, 3.05) is 6.61 Å². The Morgan fingerprint density at radius 2 is 2.00 bits per heavy atom. The SMILES string of the molecule is CCOC(=O)CC#Cc1c(Cl)cc(F)cc1Cl. The second-order valence-corrected chi connectivity index (χ2v) is 3.84. The number of hydrogen-bond donors (Lipinski definition) is 0. The lowest BCUT2D eigenvalue weighted by molar-refractivity contribution is -0.141. The predicted molar refractivity (Wildman–Crippen MR) is 64.5 cm³/mol. The predicted octanol–water partition coefficient (Wildman–Crippen LogP) is 3.44. The van der Waals surface area contributed by atoms with Crippen molar-refractivity contribution in [1.29, 1.82) is 0 Å². The third-order valence-electron chi connectivity index (χ3n) is 1.76. The number of halogens is 3. The number of hydrogen-bond acceptors (Lipinski definition) is 2. The van der Waals surface area contributed by atoms with Crippen molar-refractivity contribution in [2.45, 2.75) is 13.3 Å². The minimum Gasteiger partial charge on any atom is -0.465 e. The van der Waals surface area contributed by atoms with Crippen LogP contribution in [0.5, 0.6) is 0 Å². The van der Waals surface area contributed by atoms with E-state index < -0.39 is 11.8 Å². The highest BCUT2D eigenvalue weighted by Gasteiger charge is 2.06. The zero-order valence-electron chi connectivity index (χ0n) is 9.02. The van der Waals surface area contributed by atoms with E-state index in [0.717, 1.165) is 12.1 Å². The summed E-state index contributed by atoms with van der Waals surface area (Å²) in [6.07, 6.45) is -0.0577. The summed E-state index contributed by atoms with van der Waals surface area (Å²) < 4.78 is 17.6. The fourth-order valence-corrected chi connectivity index (χ4v) is 1.63. The smallest absolute Gasteiger partial charge is 0.317 e. The number of esters is 1. The molecule has 0 N–H and O–H groups in total. The summed E-state index contributed by atoms with van der Waals surface area (Å²) in [5.74, 6) is 4.23. The molecule has 0 aliphatic carbocycles. The molecule has 0 aromatic heterocycles. The highest BCUT2D eigenvalue weighted by Crippen LogP contribution is 2.24. The van der Waals surface area contributed by atoms with Crippen LogP contribution in [0, 0.1) is 17.7 Å². The standard InChI is InChI=1S/C12H9Cl2FO2/c1-2-17-12(16)5-3-4-9-10(13)6-8(15)7-11(9)14/h6-7H,2,5H2,1H3. The van der Waals surface area contributed by atoms with E-state index in [2.05, 4.69) is 11.8 Å². The van der Waals surface area contributed by atoms with Gasteiger partial charge in [-0.15, -0.1) is 0 Å². The Morgan fingerprint density at radius 3 is 2.53 bits per heavy atom. The van der Waals surface area contributed by atoms with E-state index in [0.29, 0.717) is 12.2 Å². The van der Waals surface area contributed by atoms with Crippen molar-refractivity contribution >= 4 is 29.2 Å². The van der Waals surface area contributed by atoms with E-state index in [1.807, 2.05) is 0 Å². The Balaban J connectivity index is 2.82. The van der Waals surface area contributed by atoms with E-state index in [1.54, 1.807) is 6.92 Å². The Kier molecular flexibility index (Phi) is 5.27. The van der Waals surface area contributed by atoms with Crippen LogP contribution in [0.2, 0.25) is 10.0 Å². The van der Waals surface area contributed by atoms with Gasteiger partial charge in [0.25, 0.3) is 0 Å². The minimum absolute atomic E-state index is 0.0577. The third kappa shape index (κ3) is 4.26. The van der Waals surface area contributed by atoms with Crippen LogP contribution in [-0.4, -0.2) is 12.6 Å². The molecule has 0 atom stereocenters. The van der Waals surface area contributed by atoms with Crippen LogP contribution >= 0.6 is 23.2 Å². The lowest BCUT2D eigenvalue weighted by Gasteiger charge is -1.99. The maximum absolute atomic E-state index is 12.9. The molecule has 0 fully saturated rings. The van der Waals surface area contributed by atoms with Gasteiger partial charge in [0.2, 0.25) is 0 Å². The second-order valence-electron chi connectivity index (χ2n) is 3.03. The molecule has 0 amide bonds. The number of carbonyl (C=O) groups excluding carboxylic acids is 1. The van der Waals surface area contributed by atoms with Crippen LogP contribution in [0.4, 0.5) is 4.39 Å². The van der Waals surface area contributed by atoms with Crippen LogP contribution in [0.25, 0.3) is 0 Å². The van der Waals surface area contributed by atoms with E-state index in [-0.39, 0.29) is 16.5 Å². The summed E-state index contributed by atoms with van der Waals surface area (Å²) in [5, 5.41) is 0.234. The quantitative estimate of drug-likeness (QED) is 0.610. The summed E-state index contributed by atoms with van der Waals surface area (Å²) in [7, 11) is 0. The average Bonchev–Trinajstić information content (AvgIpc) is 2.22. The Bertz CT molecular complexity index is 466. The molecule has 90 valence electrons. The van der Waals surface area contributed by atoms with Crippen molar-refractivity contribution in [3.63, 3.8) is 0 Å². The summed E-state index contributed by atoms with van der Waals surface area (Å²) in [4.78, 5) is 11.0. The van der Waals surface area contributed by atoms with Gasteiger partial charge in [0.1, 0.15) is 12.2 Å². The maximum Gasteiger partial charge on any atom is 0.317 e. The molecule has 1 aromatic carbocycles. The molecule has 0 aliphatic heterocycles. The molecule has 1 aromatic rings. The first-order chi connectivity index (χ1) is 8.04. The van der Waals surface area contributed by atoms with Crippen molar-refractivity contribution < 1.29 is 13.9 Å². The van der Waals surface area contributed by atoms with Gasteiger partial charge >= 0.3 is 5.97 Å². The normalized spacial score (nSPS) is 9.41. The lowest BCUT2D eigenvalue weighted by Crippen LogP contribution is -2.01. The Morgan fingerprint density at radius 1 is 1.41 bits per heavy atom. The van der Waals surface area contributed by atoms with Gasteiger partial charge in [0.15, 0.2) is 0 Å². The first-order valence-electron chi connectivity index (χ1n) is 4.83. The van der Waals surface area contributed by atoms with E-state index >= 15 is 0 Å². The van der Waals surface area contributed by atoms with E-state index in [1.165, 1.54) is 0 Å². The van der Waals surface area contributed by atoms with Crippen molar-refractivity contribution in [2.24, 2.45) is 0 Å². The fraction of sp³-hybridized carbons (Fsp3) is 0.250. The molecule has 0 saturated carbocycles. The molecule has 17 heavy (non-hydrogen) atoms. The molecule has 5 heteroatoms. The highest BCUT2D eigenvalue weighted by atomic mass is 35.5. The molecular formula is C12H9Cl2FO2. The van der Waals surface area contributed by atoms with Crippen LogP contribution < -0.4 is 0 Å². The number of rotatable bonds is 2. The van der Waals surface area contributed by atoms with E-state index in [4.69, 9.17) is 27.9 Å². The van der Waals surface area contributed by atoms with Crippen molar-refractivity contribution in [3.8, 4) is 11.8 Å². The van der Waals surface area contributed by atoms with Crippen LogP contribution in [0.1, 0.15) is 18.9 Å². The summed E-state index contributed by atoms with van der Waals surface area (Å²) in [5.41, 5.74) is 0.305. The number of ether oxygens (including phenoxy) is 1. The second kappa shape index (κ2) is 6.48. The summed E-state index contributed by atoms with van der Waals surface area (Å²) in [6, 6.07) is 2.23. The molecule has 0 spiro atoms. The van der Waals surface area contributed by atoms with Crippen molar-refractivity contribution in [3.05, 3.63) is 33.6 Å². The Hall–Kier alpha value is -1.24. The van der Waals surface area contributed by atoms with Gasteiger partial charge in [-0.25, -0.2) is 4.39 Å². The zero-order valence-corrected chi connectivity index (χ0v) is 10.5. The van der Waals surface area contributed by atoms with Gasteiger partial charge in [-0.05, 0) is 19.1 Å². The van der Waals surface area contributed by atoms with Crippen LogP contribution in [0.15, 0.2) is 12.1 Å². The molecule has 0 saturated heterocycles. The molecule has 0 unspecified atom stereocenters. The number of benzene rings is 1. The topological polar surface area (TPSA) is 26.3 Å². The fourth-order valence-electron chi connectivity index (χ4n) is 1.08. The van der Waals surface area contributed by atoms with Gasteiger partial charge in [-0.1, -0.05) is 35.0 Å². The van der Waals surface area contributed by atoms with Gasteiger partial charge in [0.05, 0.1) is 22.2 Å². The van der Waals surface area contributed by atoms with Gasteiger partial charge in [0, 0.05) is 0 Å². The molecule has 0 heterocycles. The summed E-state index contributed by atoms with van der Waals surface area (Å²) in [6.45, 7) is 2.01. The monoisotopic (exact) mass is 274 g/mol. The van der Waals surface area contributed by atoms with Crippen LogP contribution in [0.3, 0.4) is 0 Å². The highest BCUT2D eigenvalue weighted by molar-refractivity contribution is 6.36. The maximum atomic E-state index is 12.9. The lowest BCUT2D eigenvalue weighted by atomic mass is 10.2. The van der Waals surface area contributed by atoms with E-state index in [9.17, 15) is 9.18 Å². The average molecular weight is 275 g/mol. The number of carbonyl (C=O) groups is 1. The molecule has 2 nitrogen and oxygen atoms in total. The van der Waals surface area contributed by atoms with Crippen LogP contribution in [-0.2, 0) is 9.53 Å². The molecule has 1 rings (SSSR count). The Labute approximate surface area is 109 Å². The molecule has 0 radical (unpaired) electrons. The molecule has 0 aliphatic rings. The first kappa shape index (κ1) is 13.8. The van der Waals surface area contributed by atoms with Crippen molar-refractivity contribution in [1.82, 2.24) is 0 Å². The molecular weight excluding hydrogens is 266 g/mol. The van der Waals surface area contributed by atoms with Gasteiger partial charge in [-0.2, -0.15) is 0 Å². The molecule has 0 bridgehead atoms. The van der Waals surface area contributed by atoms with Gasteiger partial charge in [-0.3, -0.25) is 4.79 Å².